The van der Waals surface area contributed by atoms with Crippen LogP contribution in [-0.2, 0) is 12.8 Å². The zero-order valence-corrected chi connectivity index (χ0v) is 21.4. The van der Waals surface area contributed by atoms with Crippen molar-refractivity contribution in [3.8, 4) is 11.8 Å². The number of aryl methyl sites for hydroxylation is 2. The van der Waals surface area contributed by atoms with Crippen molar-refractivity contribution in [1.29, 1.82) is 0 Å². The van der Waals surface area contributed by atoms with E-state index >= 15 is 0 Å². The zero-order chi connectivity index (χ0) is 23.1. The van der Waals surface area contributed by atoms with Crippen molar-refractivity contribution < 1.29 is 0 Å². The second-order valence-electron chi connectivity index (χ2n) is 10.2. The molecule has 0 aromatic heterocycles. The lowest BCUT2D eigenvalue weighted by molar-refractivity contribution is 0.384. The lowest BCUT2D eigenvalue weighted by atomic mass is 9.78. The highest BCUT2D eigenvalue weighted by molar-refractivity contribution is 5.37. The summed E-state index contributed by atoms with van der Waals surface area (Å²) in [7, 11) is 0. The van der Waals surface area contributed by atoms with E-state index in [0.717, 1.165) is 5.92 Å². The molecule has 2 aromatic rings. The molecule has 3 rings (SSSR count). The Morgan fingerprint density at radius 3 is 1.70 bits per heavy atom. The molecule has 0 saturated heterocycles. The molecule has 0 N–H and O–H groups in total. The molecule has 0 spiro atoms. The molecule has 0 unspecified atom stereocenters. The summed E-state index contributed by atoms with van der Waals surface area (Å²) in [5, 5.41) is 0. The number of benzene rings is 2. The molecule has 1 saturated carbocycles. The minimum absolute atomic E-state index is 0.567. The molecule has 0 aliphatic heterocycles. The summed E-state index contributed by atoms with van der Waals surface area (Å²) < 4.78 is 0. The van der Waals surface area contributed by atoms with Gasteiger partial charge in [0.2, 0.25) is 0 Å². The molecule has 33 heavy (non-hydrogen) atoms. The summed E-state index contributed by atoms with van der Waals surface area (Å²) in [6.45, 7) is 4.56. The van der Waals surface area contributed by atoms with Crippen LogP contribution in [0.1, 0.15) is 125 Å². The fourth-order valence-electron chi connectivity index (χ4n) is 5.16. The molecule has 2 aromatic carbocycles. The van der Waals surface area contributed by atoms with Crippen molar-refractivity contribution in [2.45, 2.75) is 116 Å². The van der Waals surface area contributed by atoms with Gasteiger partial charge >= 0.3 is 0 Å². The summed E-state index contributed by atoms with van der Waals surface area (Å²) in [5.41, 5.74) is 5.70. The van der Waals surface area contributed by atoms with Gasteiger partial charge in [-0.3, -0.25) is 0 Å². The highest BCUT2D eigenvalue weighted by Gasteiger charge is 2.21. The molecule has 0 amide bonds. The Balaban J connectivity index is 1.39. The highest BCUT2D eigenvalue weighted by atomic mass is 14.2. The van der Waals surface area contributed by atoms with E-state index in [4.69, 9.17) is 0 Å². The third-order valence-corrected chi connectivity index (χ3v) is 7.44. The van der Waals surface area contributed by atoms with Crippen LogP contribution in [0.25, 0.3) is 0 Å². The topological polar surface area (TPSA) is 0 Å². The SMILES string of the molecule is CCCCCCCc1ccc([C@H]2CC[C@H](C#Cc3ccc(CCCCCC)cc3)CC2)cc1. The van der Waals surface area contributed by atoms with Crippen LogP contribution in [-0.4, -0.2) is 0 Å². The van der Waals surface area contributed by atoms with Gasteiger partial charge in [-0.05, 0) is 86.1 Å². The van der Waals surface area contributed by atoms with Crippen LogP contribution in [0.2, 0.25) is 0 Å². The van der Waals surface area contributed by atoms with Gasteiger partial charge in [-0.2, -0.15) is 0 Å². The van der Waals surface area contributed by atoms with Gasteiger partial charge in [0.1, 0.15) is 0 Å². The molecule has 0 radical (unpaired) electrons. The minimum Gasteiger partial charge on any atom is -0.0945 e. The molecular formula is C33H46. The second kappa shape index (κ2) is 15.0. The van der Waals surface area contributed by atoms with Crippen LogP contribution in [0.3, 0.4) is 0 Å². The first kappa shape index (κ1) is 25.6. The van der Waals surface area contributed by atoms with Crippen LogP contribution in [0, 0.1) is 17.8 Å². The average Bonchev–Trinajstić information content (AvgIpc) is 2.87. The smallest absolute Gasteiger partial charge is 0.0245 e. The molecular weight excluding hydrogens is 396 g/mol. The van der Waals surface area contributed by atoms with E-state index in [1.807, 2.05) is 0 Å². The van der Waals surface area contributed by atoms with Gasteiger partial charge in [-0.15, -0.1) is 0 Å². The van der Waals surface area contributed by atoms with Gasteiger partial charge in [-0.25, -0.2) is 0 Å². The lowest BCUT2D eigenvalue weighted by Gasteiger charge is -2.26. The zero-order valence-electron chi connectivity index (χ0n) is 21.4. The Morgan fingerprint density at radius 2 is 1.12 bits per heavy atom. The maximum absolute atomic E-state index is 3.59. The lowest BCUT2D eigenvalue weighted by Crippen LogP contribution is -2.12. The Hall–Kier alpha value is -2.00. The Labute approximate surface area is 204 Å². The van der Waals surface area contributed by atoms with Crippen LogP contribution in [0.5, 0.6) is 0 Å². The van der Waals surface area contributed by atoms with Crippen molar-refractivity contribution in [2.75, 3.05) is 0 Å². The first-order chi connectivity index (χ1) is 16.3. The van der Waals surface area contributed by atoms with Crippen molar-refractivity contribution in [2.24, 2.45) is 5.92 Å². The third-order valence-electron chi connectivity index (χ3n) is 7.44. The largest absolute Gasteiger partial charge is 0.0945 e. The number of hydrogen-bond donors (Lipinski definition) is 0. The third kappa shape index (κ3) is 9.41. The van der Waals surface area contributed by atoms with E-state index in [0.29, 0.717) is 5.92 Å². The van der Waals surface area contributed by atoms with E-state index < -0.39 is 0 Å². The monoisotopic (exact) mass is 442 g/mol. The normalized spacial score (nSPS) is 18.0. The quantitative estimate of drug-likeness (QED) is 0.227. The summed E-state index contributed by atoms with van der Waals surface area (Å²) in [5.74, 6) is 8.35. The fourth-order valence-corrected chi connectivity index (χ4v) is 5.16. The first-order valence-corrected chi connectivity index (χ1v) is 14.0. The number of unbranched alkanes of at least 4 members (excludes halogenated alkanes) is 7. The molecule has 0 bridgehead atoms. The number of rotatable bonds is 12. The van der Waals surface area contributed by atoms with E-state index in [9.17, 15) is 0 Å². The minimum atomic E-state index is 0.567. The molecule has 1 fully saturated rings. The van der Waals surface area contributed by atoms with Crippen molar-refractivity contribution in [1.82, 2.24) is 0 Å². The van der Waals surface area contributed by atoms with Gasteiger partial charge in [0.15, 0.2) is 0 Å². The van der Waals surface area contributed by atoms with E-state index in [1.54, 1.807) is 5.56 Å². The molecule has 1 aliphatic carbocycles. The van der Waals surface area contributed by atoms with Gasteiger partial charge in [-0.1, -0.05) is 107 Å². The fraction of sp³-hybridized carbons (Fsp3) is 0.576. The Kier molecular flexibility index (Phi) is 11.7. The summed E-state index contributed by atoms with van der Waals surface area (Å²) in [4.78, 5) is 0. The average molecular weight is 443 g/mol. The van der Waals surface area contributed by atoms with E-state index in [1.165, 1.54) is 113 Å². The summed E-state index contributed by atoms with van der Waals surface area (Å²) >= 11 is 0. The summed E-state index contributed by atoms with van der Waals surface area (Å²) in [6.07, 6.45) is 19.7. The van der Waals surface area contributed by atoms with Crippen LogP contribution in [0.15, 0.2) is 48.5 Å². The number of hydrogen-bond acceptors (Lipinski definition) is 0. The standard InChI is InChI=1S/C33H46/c1-3-5-7-9-11-13-29-20-24-32(25-21-29)33-26-22-31(23-27-33)19-18-30-16-14-28(15-17-30)12-10-8-6-4-2/h14-17,20-21,24-25,31,33H,3-13,22-23,26-27H2,1-2H3/t31-,33-. The van der Waals surface area contributed by atoms with Gasteiger partial charge in [0.05, 0.1) is 0 Å². The van der Waals surface area contributed by atoms with Crippen LogP contribution in [0.4, 0.5) is 0 Å². The predicted molar refractivity (Wildman–Crippen MR) is 145 cm³/mol. The highest BCUT2D eigenvalue weighted by Crippen LogP contribution is 2.35. The predicted octanol–water partition coefficient (Wildman–Crippen LogP) is 9.65. The maximum Gasteiger partial charge on any atom is 0.0245 e. The van der Waals surface area contributed by atoms with Crippen LogP contribution < -0.4 is 0 Å². The van der Waals surface area contributed by atoms with Crippen molar-refractivity contribution in [3.63, 3.8) is 0 Å². The first-order valence-electron chi connectivity index (χ1n) is 14.0. The molecule has 0 atom stereocenters. The second-order valence-corrected chi connectivity index (χ2v) is 10.2. The van der Waals surface area contributed by atoms with E-state index in [2.05, 4.69) is 74.2 Å². The van der Waals surface area contributed by atoms with Crippen molar-refractivity contribution in [3.05, 3.63) is 70.8 Å². The van der Waals surface area contributed by atoms with Gasteiger partial charge in [0.25, 0.3) is 0 Å². The molecule has 1 aliphatic rings. The molecule has 178 valence electrons. The van der Waals surface area contributed by atoms with Crippen LogP contribution >= 0.6 is 0 Å². The van der Waals surface area contributed by atoms with Crippen molar-refractivity contribution >= 4 is 0 Å². The van der Waals surface area contributed by atoms with E-state index in [-0.39, 0.29) is 0 Å². The van der Waals surface area contributed by atoms with Gasteiger partial charge < -0.3 is 0 Å². The van der Waals surface area contributed by atoms with Gasteiger partial charge in [0, 0.05) is 11.5 Å². The Morgan fingerprint density at radius 1 is 0.606 bits per heavy atom. The molecule has 0 heteroatoms. The Bertz CT molecular complexity index is 822. The molecule has 0 heterocycles. The maximum atomic E-state index is 3.59. The molecule has 0 nitrogen and oxygen atoms in total. The summed E-state index contributed by atoms with van der Waals surface area (Å²) in [6, 6.07) is 18.6.